The summed E-state index contributed by atoms with van der Waals surface area (Å²) in [5, 5.41) is 0.667. The van der Waals surface area contributed by atoms with Crippen LogP contribution in [-0.2, 0) is 0 Å². The van der Waals surface area contributed by atoms with E-state index in [1.54, 1.807) is 18.2 Å². The smallest absolute Gasteiger partial charge is 0.248 e. The van der Waals surface area contributed by atoms with E-state index in [4.69, 9.17) is 23.1 Å². The molecule has 0 bridgehead atoms. The maximum atomic E-state index is 11.0. The number of amides is 1. The number of carbonyl (C=O) groups is 1. The second kappa shape index (κ2) is 5.33. The summed E-state index contributed by atoms with van der Waals surface area (Å²) < 4.78 is 0. The van der Waals surface area contributed by atoms with Gasteiger partial charge >= 0.3 is 0 Å². The molecule has 4 N–H and O–H groups in total. The van der Waals surface area contributed by atoms with E-state index in [1.807, 2.05) is 24.3 Å². The zero-order valence-corrected chi connectivity index (χ0v) is 11.0. The van der Waals surface area contributed by atoms with Crippen LogP contribution < -0.4 is 11.5 Å². The molecule has 0 atom stereocenters. The Hall–Kier alpha value is -1.65. The SMILES string of the molecule is NC(=O)c1ccc(Sc2ccccc2Cl)c(N)c1. The predicted octanol–water partition coefficient (Wildman–Crippen LogP) is 3.17. The maximum absolute atomic E-state index is 11.0. The van der Waals surface area contributed by atoms with Gasteiger partial charge in [-0.1, -0.05) is 35.5 Å². The Bertz CT molecular complexity index is 601. The van der Waals surface area contributed by atoms with Crippen molar-refractivity contribution in [1.82, 2.24) is 0 Å². The monoisotopic (exact) mass is 278 g/mol. The van der Waals surface area contributed by atoms with Gasteiger partial charge in [0, 0.05) is 21.0 Å². The third kappa shape index (κ3) is 2.78. The minimum atomic E-state index is -0.490. The van der Waals surface area contributed by atoms with Crippen molar-refractivity contribution in [3.63, 3.8) is 0 Å². The molecule has 3 nitrogen and oxygen atoms in total. The standard InChI is InChI=1S/C13H11ClN2OS/c14-9-3-1-2-4-11(9)18-12-6-5-8(13(16)17)7-10(12)15/h1-7H,15H2,(H2,16,17). The Labute approximate surface area is 114 Å². The van der Waals surface area contributed by atoms with Crippen molar-refractivity contribution in [2.75, 3.05) is 5.73 Å². The van der Waals surface area contributed by atoms with Gasteiger partial charge in [-0.3, -0.25) is 4.79 Å². The van der Waals surface area contributed by atoms with Crippen LogP contribution in [0.1, 0.15) is 10.4 Å². The van der Waals surface area contributed by atoms with E-state index in [2.05, 4.69) is 0 Å². The molecule has 2 aromatic carbocycles. The van der Waals surface area contributed by atoms with Crippen molar-refractivity contribution in [3.8, 4) is 0 Å². The molecule has 0 spiro atoms. The van der Waals surface area contributed by atoms with Crippen LogP contribution in [0.2, 0.25) is 5.02 Å². The first-order valence-electron chi connectivity index (χ1n) is 5.19. The van der Waals surface area contributed by atoms with Crippen LogP contribution in [-0.4, -0.2) is 5.91 Å². The molecule has 0 aromatic heterocycles. The largest absolute Gasteiger partial charge is 0.398 e. The molecule has 92 valence electrons. The Balaban J connectivity index is 2.30. The summed E-state index contributed by atoms with van der Waals surface area (Å²) in [5.74, 6) is -0.490. The molecule has 2 aromatic rings. The summed E-state index contributed by atoms with van der Waals surface area (Å²) >= 11 is 7.52. The molecular weight excluding hydrogens is 268 g/mol. The number of hydrogen-bond donors (Lipinski definition) is 2. The highest BCUT2D eigenvalue weighted by Gasteiger charge is 2.08. The molecular formula is C13H11ClN2OS. The number of anilines is 1. The molecule has 0 heterocycles. The van der Waals surface area contributed by atoms with Crippen LogP contribution in [0, 0.1) is 0 Å². The lowest BCUT2D eigenvalue weighted by Crippen LogP contribution is -2.11. The number of benzene rings is 2. The van der Waals surface area contributed by atoms with Gasteiger partial charge in [0.15, 0.2) is 0 Å². The lowest BCUT2D eigenvalue weighted by Gasteiger charge is -2.07. The third-order valence-corrected chi connectivity index (χ3v) is 3.96. The summed E-state index contributed by atoms with van der Waals surface area (Å²) in [5.41, 5.74) is 12.0. The lowest BCUT2D eigenvalue weighted by molar-refractivity contribution is 0.100. The van der Waals surface area contributed by atoms with Crippen molar-refractivity contribution in [1.29, 1.82) is 0 Å². The van der Waals surface area contributed by atoms with Crippen LogP contribution >= 0.6 is 23.4 Å². The third-order valence-electron chi connectivity index (χ3n) is 2.35. The number of primary amides is 1. The highest BCUT2D eigenvalue weighted by Crippen LogP contribution is 2.36. The summed E-state index contributed by atoms with van der Waals surface area (Å²) in [6, 6.07) is 12.5. The highest BCUT2D eigenvalue weighted by atomic mass is 35.5. The average Bonchev–Trinajstić information content (AvgIpc) is 2.34. The number of nitrogen functional groups attached to an aromatic ring is 1. The van der Waals surface area contributed by atoms with Crippen LogP contribution in [0.15, 0.2) is 52.3 Å². The molecule has 0 aliphatic carbocycles. The number of hydrogen-bond acceptors (Lipinski definition) is 3. The Morgan fingerprint density at radius 3 is 2.44 bits per heavy atom. The van der Waals surface area contributed by atoms with Crippen LogP contribution in [0.3, 0.4) is 0 Å². The second-order valence-corrected chi connectivity index (χ2v) is 5.14. The summed E-state index contributed by atoms with van der Waals surface area (Å²) in [6.07, 6.45) is 0. The lowest BCUT2D eigenvalue weighted by atomic mass is 10.2. The number of rotatable bonds is 3. The summed E-state index contributed by atoms with van der Waals surface area (Å²) in [4.78, 5) is 12.8. The highest BCUT2D eigenvalue weighted by molar-refractivity contribution is 7.99. The topological polar surface area (TPSA) is 69.1 Å². The van der Waals surface area contributed by atoms with Crippen LogP contribution in [0.25, 0.3) is 0 Å². The Morgan fingerprint density at radius 1 is 1.11 bits per heavy atom. The minimum Gasteiger partial charge on any atom is -0.398 e. The van der Waals surface area contributed by atoms with Crippen LogP contribution in [0.4, 0.5) is 5.69 Å². The minimum absolute atomic E-state index is 0.399. The second-order valence-electron chi connectivity index (χ2n) is 3.65. The van der Waals surface area contributed by atoms with E-state index in [1.165, 1.54) is 11.8 Å². The fourth-order valence-electron chi connectivity index (χ4n) is 1.44. The van der Waals surface area contributed by atoms with Gasteiger partial charge in [0.1, 0.15) is 0 Å². The number of carbonyl (C=O) groups excluding carboxylic acids is 1. The molecule has 0 saturated heterocycles. The van der Waals surface area contributed by atoms with Crippen LogP contribution in [0.5, 0.6) is 0 Å². The first-order valence-corrected chi connectivity index (χ1v) is 6.39. The molecule has 5 heteroatoms. The van der Waals surface area contributed by atoms with E-state index >= 15 is 0 Å². The van der Waals surface area contributed by atoms with Gasteiger partial charge in [-0.15, -0.1) is 0 Å². The van der Waals surface area contributed by atoms with Gasteiger partial charge in [0.25, 0.3) is 0 Å². The van der Waals surface area contributed by atoms with Crippen molar-refractivity contribution in [3.05, 3.63) is 53.1 Å². The van der Waals surface area contributed by atoms with Crippen molar-refractivity contribution >= 4 is 35.0 Å². The average molecular weight is 279 g/mol. The van der Waals surface area contributed by atoms with E-state index in [9.17, 15) is 4.79 Å². The fourth-order valence-corrected chi connectivity index (χ4v) is 2.55. The molecule has 0 fully saturated rings. The first kappa shape index (κ1) is 12.8. The Kier molecular flexibility index (Phi) is 3.79. The molecule has 0 saturated carbocycles. The van der Waals surface area contributed by atoms with E-state index in [0.29, 0.717) is 16.3 Å². The molecule has 0 unspecified atom stereocenters. The molecule has 0 aliphatic rings. The van der Waals surface area contributed by atoms with Gasteiger partial charge in [0.2, 0.25) is 5.91 Å². The van der Waals surface area contributed by atoms with Crippen molar-refractivity contribution < 1.29 is 4.79 Å². The molecule has 18 heavy (non-hydrogen) atoms. The molecule has 2 rings (SSSR count). The molecule has 1 amide bonds. The number of halogens is 1. The summed E-state index contributed by atoms with van der Waals surface area (Å²) in [6.45, 7) is 0. The van der Waals surface area contributed by atoms with Crippen molar-refractivity contribution in [2.45, 2.75) is 9.79 Å². The number of nitrogens with two attached hydrogens (primary N) is 2. The van der Waals surface area contributed by atoms with Crippen molar-refractivity contribution in [2.24, 2.45) is 5.73 Å². The quantitative estimate of drug-likeness (QED) is 0.847. The predicted molar refractivity (Wildman–Crippen MR) is 74.9 cm³/mol. The molecule has 0 radical (unpaired) electrons. The van der Waals surface area contributed by atoms with Gasteiger partial charge < -0.3 is 11.5 Å². The first-order chi connectivity index (χ1) is 8.58. The van der Waals surface area contributed by atoms with Gasteiger partial charge in [-0.2, -0.15) is 0 Å². The zero-order chi connectivity index (χ0) is 13.1. The van der Waals surface area contributed by atoms with E-state index in [-0.39, 0.29) is 0 Å². The van der Waals surface area contributed by atoms with Gasteiger partial charge in [0.05, 0.1) is 5.02 Å². The summed E-state index contributed by atoms with van der Waals surface area (Å²) in [7, 11) is 0. The normalized spacial score (nSPS) is 10.3. The van der Waals surface area contributed by atoms with Gasteiger partial charge in [-0.25, -0.2) is 0 Å². The van der Waals surface area contributed by atoms with E-state index in [0.717, 1.165) is 9.79 Å². The Morgan fingerprint density at radius 2 is 1.83 bits per heavy atom. The van der Waals surface area contributed by atoms with E-state index < -0.39 is 5.91 Å². The fraction of sp³-hybridized carbons (Fsp3) is 0. The zero-order valence-electron chi connectivity index (χ0n) is 9.39. The molecule has 0 aliphatic heterocycles. The van der Waals surface area contributed by atoms with Gasteiger partial charge in [-0.05, 0) is 30.3 Å². The maximum Gasteiger partial charge on any atom is 0.248 e.